The van der Waals surface area contributed by atoms with E-state index in [-0.39, 0.29) is 18.7 Å². The predicted octanol–water partition coefficient (Wildman–Crippen LogP) is 2.75. The smallest absolute Gasteiger partial charge is 0.240 e. The highest BCUT2D eigenvalue weighted by Crippen LogP contribution is 2.17. The topological polar surface area (TPSA) is 85.1 Å². The third-order valence-electron chi connectivity index (χ3n) is 4.12. The SMILES string of the molecule is NC(=O)[C@H](Cc1cccnc1Br)NC(=O)Cc1ccc2ccccc2c1. The van der Waals surface area contributed by atoms with Gasteiger partial charge in [0, 0.05) is 12.6 Å². The number of carbonyl (C=O) groups excluding carboxylic acids is 2. The summed E-state index contributed by atoms with van der Waals surface area (Å²) in [5.41, 5.74) is 7.15. The van der Waals surface area contributed by atoms with Crippen LogP contribution in [0.1, 0.15) is 11.1 Å². The number of amides is 2. The van der Waals surface area contributed by atoms with Crippen molar-refractivity contribution < 1.29 is 9.59 Å². The Hall–Kier alpha value is -2.73. The molecular formula is C20H18BrN3O2. The van der Waals surface area contributed by atoms with Gasteiger partial charge in [-0.25, -0.2) is 4.98 Å². The summed E-state index contributed by atoms with van der Waals surface area (Å²) in [6.07, 6.45) is 2.11. The molecule has 1 heterocycles. The van der Waals surface area contributed by atoms with Crippen LogP contribution in [0, 0.1) is 0 Å². The molecule has 3 rings (SSSR count). The van der Waals surface area contributed by atoms with E-state index >= 15 is 0 Å². The van der Waals surface area contributed by atoms with Gasteiger partial charge in [-0.15, -0.1) is 0 Å². The first-order valence-corrected chi connectivity index (χ1v) is 8.98. The Morgan fingerprint density at radius 2 is 1.85 bits per heavy atom. The van der Waals surface area contributed by atoms with Gasteiger partial charge in [0.15, 0.2) is 0 Å². The number of rotatable bonds is 6. The Morgan fingerprint density at radius 1 is 1.08 bits per heavy atom. The zero-order valence-electron chi connectivity index (χ0n) is 14.0. The molecule has 0 unspecified atom stereocenters. The van der Waals surface area contributed by atoms with Crippen molar-refractivity contribution in [2.24, 2.45) is 5.73 Å². The predicted molar refractivity (Wildman–Crippen MR) is 104 cm³/mol. The second-order valence-corrected chi connectivity index (χ2v) is 6.79. The quantitative estimate of drug-likeness (QED) is 0.611. The standard InChI is InChI=1S/C20H18BrN3O2/c21-19-16(6-3-9-23-19)12-17(20(22)26)24-18(25)11-13-7-8-14-4-1-2-5-15(14)10-13/h1-10,17H,11-12H2,(H2,22,26)(H,24,25)/t17-/m0/s1. The lowest BCUT2D eigenvalue weighted by Crippen LogP contribution is -2.46. The van der Waals surface area contributed by atoms with Crippen LogP contribution in [0.4, 0.5) is 0 Å². The van der Waals surface area contributed by atoms with Gasteiger partial charge in [-0.1, -0.05) is 48.5 Å². The number of pyridine rings is 1. The second-order valence-electron chi connectivity index (χ2n) is 6.04. The lowest BCUT2D eigenvalue weighted by Gasteiger charge is -2.16. The number of fused-ring (bicyclic) bond motifs is 1. The van der Waals surface area contributed by atoms with Gasteiger partial charge in [0.1, 0.15) is 10.6 Å². The molecule has 2 aromatic carbocycles. The van der Waals surface area contributed by atoms with Gasteiger partial charge >= 0.3 is 0 Å². The van der Waals surface area contributed by atoms with Crippen molar-refractivity contribution in [1.82, 2.24) is 10.3 Å². The van der Waals surface area contributed by atoms with Crippen LogP contribution in [0.3, 0.4) is 0 Å². The highest BCUT2D eigenvalue weighted by Gasteiger charge is 2.20. The lowest BCUT2D eigenvalue weighted by molar-refractivity contribution is -0.127. The first-order valence-electron chi connectivity index (χ1n) is 8.18. The van der Waals surface area contributed by atoms with E-state index < -0.39 is 11.9 Å². The highest BCUT2D eigenvalue weighted by atomic mass is 79.9. The highest BCUT2D eigenvalue weighted by molar-refractivity contribution is 9.10. The number of nitrogens with one attached hydrogen (secondary N) is 1. The summed E-state index contributed by atoms with van der Waals surface area (Å²) in [5, 5.41) is 4.92. The Morgan fingerprint density at radius 3 is 2.58 bits per heavy atom. The Bertz CT molecular complexity index is 958. The number of nitrogens with two attached hydrogens (primary N) is 1. The van der Waals surface area contributed by atoms with Gasteiger partial charge in [0.25, 0.3) is 0 Å². The molecule has 0 radical (unpaired) electrons. The molecule has 2 amide bonds. The van der Waals surface area contributed by atoms with Crippen molar-refractivity contribution in [2.45, 2.75) is 18.9 Å². The molecule has 3 N–H and O–H groups in total. The maximum Gasteiger partial charge on any atom is 0.240 e. The summed E-state index contributed by atoms with van der Waals surface area (Å²) in [4.78, 5) is 28.3. The number of benzene rings is 2. The molecule has 132 valence electrons. The van der Waals surface area contributed by atoms with Crippen LogP contribution in [-0.4, -0.2) is 22.8 Å². The molecule has 0 bridgehead atoms. The van der Waals surface area contributed by atoms with E-state index in [9.17, 15) is 9.59 Å². The van der Waals surface area contributed by atoms with Gasteiger partial charge < -0.3 is 11.1 Å². The fourth-order valence-electron chi connectivity index (χ4n) is 2.79. The summed E-state index contributed by atoms with van der Waals surface area (Å²) in [6.45, 7) is 0. The fourth-order valence-corrected chi connectivity index (χ4v) is 3.21. The molecule has 5 nitrogen and oxygen atoms in total. The molecule has 0 saturated heterocycles. The van der Waals surface area contributed by atoms with Gasteiger partial charge in [0.2, 0.25) is 11.8 Å². The maximum atomic E-state index is 12.4. The third-order valence-corrected chi connectivity index (χ3v) is 4.83. The number of nitrogens with zero attached hydrogens (tertiary/aromatic N) is 1. The average molecular weight is 412 g/mol. The van der Waals surface area contributed by atoms with Crippen molar-refractivity contribution in [3.8, 4) is 0 Å². The van der Waals surface area contributed by atoms with Gasteiger partial charge in [-0.3, -0.25) is 9.59 Å². The van der Waals surface area contributed by atoms with Crippen LogP contribution in [-0.2, 0) is 22.4 Å². The minimum Gasteiger partial charge on any atom is -0.368 e. The molecular weight excluding hydrogens is 394 g/mol. The summed E-state index contributed by atoms with van der Waals surface area (Å²) >= 11 is 3.34. The third kappa shape index (κ3) is 4.46. The fraction of sp³-hybridized carbons (Fsp3) is 0.150. The van der Waals surface area contributed by atoms with Crippen molar-refractivity contribution in [3.63, 3.8) is 0 Å². The molecule has 1 aromatic heterocycles. The molecule has 0 aliphatic rings. The number of carbonyl (C=O) groups is 2. The van der Waals surface area contributed by atoms with Crippen molar-refractivity contribution in [2.75, 3.05) is 0 Å². The van der Waals surface area contributed by atoms with E-state index in [2.05, 4.69) is 26.2 Å². The monoisotopic (exact) mass is 411 g/mol. The van der Waals surface area contributed by atoms with Crippen LogP contribution in [0.5, 0.6) is 0 Å². The Balaban J connectivity index is 1.69. The number of hydrogen-bond acceptors (Lipinski definition) is 3. The lowest BCUT2D eigenvalue weighted by atomic mass is 10.0. The van der Waals surface area contributed by atoms with Crippen LogP contribution < -0.4 is 11.1 Å². The molecule has 6 heteroatoms. The summed E-state index contributed by atoms with van der Waals surface area (Å²) in [7, 11) is 0. The van der Waals surface area contributed by atoms with Crippen LogP contribution >= 0.6 is 15.9 Å². The van der Waals surface area contributed by atoms with Gasteiger partial charge in [-0.2, -0.15) is 0 Å². The van der Waals surface area contributed by atoms with Crippen LogP contribution in [0.2, 0.25) is 0 Å². The van der Waals surface area contributed by atoms with E-state index in [1.165, 1.54) is 0 Å². The first kappa shape index (κ1) is 18.1. The van der Waals surface area contributed by atoms with E-state index in [0.29, 0.717) is 4.60 Å². The molecule has 0 aliphatic heterocycles. The van der Waals surface area contributed by atoms with Gasteiger partial charge in [0.05, 0.1) is 6.42 Å². The second kappa shape index (κ2) is 8.10. The molecule has 26 heavy (non-hydrogen) atoms. The molecule has 0 spiro atoms. The molecule has 1 atom stereocenters. The van der Waals surface area contributed by atoms with Crippen molar-refractivity contribution >= 4 is 38.5 Å². The summed E-state index contributed by atoms with van der Waals surface area (Å²) in [5.74, 6) is -0.822. The van der Waals surface area contributed by atoms with Crippen molar-refractivity contribution in [3.05, 3.63) is 76.5 Å². The number of primary amides is 1. The summed E-state index contributed by atoms with van der Waals surface area (Å²) in [6, 6.07) is 16.7. The Labute approximate surface area is 159 Å². The zero-order valence-corrected chi connectivity index (χ0v) is 15.6. The largest absolute Gasteiger partial charge is 0.368 e. The zero-order chi connectivity index (χ0) is 18.5. The van der Waals surface area contributed by atoms with E-state index in [4.69, 9.17) is 5.73 Å². The number of halogens is 1. The maximum absolute atomic E-state index is 12.4. The van der Waals surface area contributed by atoms with E-state index in [0.717, 1.165) is 21.9 Å². The summed E-state index contributed by atoms with van der Waals surface area (Å²) < 4.78 is 0.634. The van der Waals surface area contributed by atoms with Crippen LogP contribution in [0.15, 0.2) is 65.4 Å². The van der Waals surface area contributed by atoms with E-state index in [1.54, 1.807) is 12.3 Å². The number of hydrogen-bond donors (Lipinski definition) is 2. The Kier molecular flexibility index (Phi) is 5.63. The van der Waals surface area contributed by atoms with Gasteiger partial charge in [-0.05, 0) is 43.9 Å². The minimum atomic E-state index is -0.788. The number of aromatic nitrogens is 1. The van der Waals surface area contributed by atoms with Crippen LogP contribution in [0.25, 0.3) is 10.8 Å². The molecule has 3 aromatic rings. The first-order chi connectivity index (χ1) is 12.5. The normalized spacial score (nSPS) is 11.9. The molecule has 0 saturated carbocycles. The van der Waals surface area contributed by atoms with E-state index in [1.807, 2.05) is 48.5 Å². The van der Waals surface area contributed by atoms with Crippen molar-refractivity contribution in [1.29, 1.82) is 0 Å². The minimum absolute atomic E-state index is 0.183. The average Bonchev–Trinajstić information content (AvgIpc) is 2.62. The molecule has 0 fully saturated rings. The molecule has 0 aliphatic carbocycles.